The molecule has 1 aliphatic heterocycles. The molecule has 5 aromatic rings. The van der Waals surface area contributed by atoms with E-state index >= 15 is 14.4 Å². The van der Waals surface area contributed by atoms with Crippen LogP contribution < -0.4 is 14.4 Å². The quantitative estimate of drug-likeness (QED) is 0.187. The number of hydrogen-bond donors (Lipinski definition) is 1. The molecule has 3 aliphatic rings. The van der Waals surface area contributed by atoms with Gasteiger partial charge in [-0.1, -0.05) is 91.0 Å². The normalized spacial score (nSPS) is 23.7. The van der Waals surface area contributed by atoms with E-state index in [1.165, 1.54) is 18.2 Å². The molecule has 8 rings (SSSR count). The van der Waals surface area contributed by atoms with Gasteiger partial charge < -0.3 is 14.6 Å². The number of allylic oxidation sites excluding steroid dienone is 2. The average Bonchev–Trinajstić information content (AvgIpc) is 3.67. The van der Waals surface area contributed by atoms with Crippen molar-refractivity contribution in [3.05, 3.63) is 161 Å². The summed E-state index contributed by atoms with van der Waals surface area (Å²) in [6.45, 7) is 0. The van der Waals surface area contributed by atoms with E-state index in [1.807, 2.05) is 109 Å². The minimum absolute atomic E-state index is 0.0641. The van der Waals surface area contributed by atoms with Crippen LogP contribution in [0.15, 0.2) is 133 Å². The molecule has 8 nitrogen and oxygen atoms in total. The predicted octanol–water partition coefficient (Wildman–Crippen LogP) is 6.59. The highest BCUT2D eigenvalue weighted by Crippen LogP contribution is 2.74. The van der Waals surface area contributed by atoms with E-state index in [1.54, 1.807) is 20.3 Å². The van der Waals surface area contributed by atoms with Crippen LogP contribution in [-0.4, -0.2) is 42.9 Å². The van der Waals surface area contributed by atoms with Gasteiger partial charge in [-0.2, -0.15) is 0 Å². The van der Waals surface area contributed by atoms with E-state index in [0.717, 1.165) is 4.90 Å². The number of carbonyl (C=O) groups excluding carboxylic acids is 3. The molecule has 0 radical (unpaired) electrons. The average molecular weight is 662 g/mol. The summed E-state index contributed by atoms with van der Waals surface area (Å²) in [7, 11) is 3.16. The van der Waals surface area contributed by atoms with Crippen LogP contribution in [0.2, 0.25) is 0 Å². The molecular weight excluding hydrogens is 630 g/mol. The summed E-state index contributed by atoms with van der Waals surface area (Å²) in [5.74, 6) is -3.60. The monoisotopic (exact) mass is 661 g/mol. The Balaban J connectivity index is 1.53. The molecule has 246 valence electrons. The van der Waals surface area contributed by atoms with Gasteiger partial charge in [0.05, 0.1) is 48.1 Å². The van der Waals surface area contributed by atoms with Crippen molar-refractivity contribution in [3.63, 3.8) is 0 Å². The van der Waals surface area contributed by atoms with Gasteiger partial charge in [0.1, 0.15) is 11.5 Å². The number of methoxy groups -OCH3 is 2. The van der Waals surface area contributed by atoms with E-state index in [2.05, 4.69) is 0 Å². The first-order valence-corrected chi connectivity index (χ1v) is 16.2. The number of ketones is 1. The lowest BCUT2D eigenvalue weighted by molar-refractivity contribution is -0.130. The first-order valence-electron chi connectivity index (χ1n) is 16.2. The third-order valence-corrected chi connectivity index (χ3v) is 10.6. The topological polar surface area (TPSA) is 110 Å². The summed E-state index contributed by atoms with van der Waals surface area (Å²) in [6.07, 6.45) is 0. The summed E-state index contributed by atoms with van der Waals surface area (Å²) in [5.41, 5.74) is 0.741. The zero-order chi connectivity index (χ0) is 34.8. The molecule has 0 spiro atoms. The van der Waals surface area contributed by atoms with Gasteiger partial charge in [-0.25, -0.2) is 9.69 Å². The van der Waals surface area contributed by atoms with Crippen LogP contribution in [0.3, 0.4) is 0 Å². The van der Waals surface area contributed by atoms with Gasteiger partial charge in [-0.05, 0) is 75.9 Å². The maximum atomic E-state index is 16.0. The van der Waals surface area contributed by atoms with Gasteiger partial charge in [0, 0.05) is 0 Å². The Morgan fingerprint density at radius 3 is 1.44 bits per heavy atom. The van der Waals surface area contributed by atoms with Gasteiger partial charge >= 0.3 is 5.97 Å². The SMILES string of the molecule is COc1ccc(C2=C(c3ccc(OC)cc3)[C@]3(c4ccccc4)C(=O)[C@]2(c2ccccc2)[C@@H]2C(=O)N(c4cccc(C(=O)O)c4)C(=O)[C@@H]23)cc1. The number of carboxylic acid groups (broad SMARTS) is 1. The lowest BCUT2D eigenvalue weighted by Gasteiger charge is -2.39. The number of ether oxygens (including phenoxy) is 2. The highest BCUT2D eigenvalue weighted by molar-refractivity contribution is 6.39. The Hall–Kier alpha value is -6.28. The Morgan fingerprint density at radius 2 is 1.04 bits per heavy atom. The van der Waals surface area contributed by atoms with E-state index in [9.17, 15) is 9.90 Å². The maximum Gasteiger partial charge on any atom is 0.335 e. The maximum absolute atomic E-state index is 16.0. The van der Waals surface area contributed by atoms with Crippen molar-refractivity contribution < 1.29 is 33.8 Å². The van der Waals surface area contributed by atoms with Crippen molar-refractivity contribution in [2.24, 2.45) is 11.8 Å². The number of carbonyl (C=O) groups is 4. The number of aromatic carboxylic acids is 1. The number of benzene rings is 5. The number of carboxylic acids is 1. The Morgan fingerprint density at radius 1 is 0.600 bits per heavy atom. The Kier molecular flexibility index (Phi) is 7.08. The first-order chi connectivity index (χ1) is 24.3. The number of hydrogen-bond acceptors (Lipinski definition) is 6. The largest absolute Gasteiger partial charge is 0.497 e. The molecule has 2 fully saturated rings. The van der Waals surface area contributed by atoms with E-state index in [4.69, 9.17) is 9.47 Å². The second-order valence-corrected chi connectivity index (χ2v) is 12.7. The minimum Gasteiger partial charge on any atom is -0.497 e. The lowest BCUT2D eigenvalue weighted by Crippen LogP contribution is -2.45. The fourth-order valence-electron chi connectivity index (χ4n) is 8.67. The van der Waals surface area contributed by atoms with Crippen LogP contribution >= 0.6 is 0 Å². The zero-order valence-corrected chi connectivity index (χ0v) is 27.2. The molecule has 1 saturated carbocycles. The highest BCUT2D eigenvalue weighted by Gasteiger charge is 2.82. The molecule has 1 N–H and O–H groups in total. The van der Waals surface area contributed by atoms with E-state index < -0.39 is 40.4 Å². The molecular formula is C42H31NO7. The predicted molar refractivity (Wildman–Crippen MR) is 187 cm³/mol. The number of Topliss-reactive ketones (excluding diaryl/α,β-unsaturated/α-hetero) is 1. The van der Waals surface area contributed by atoms with Crippen molar-refractivity contribution >= 4 is 40.4 Å². The minimum atomic E-state index is -1.60. The van der Waals surface area contributed by atoms with Crippen molar-refractivity contribution in [1.29, 1.82) is 0 Å². The molecule has 8 heteroatoms. The molecule has 1 saturated heterocycles. The number of amides is 2. The van der Waals surface area contributed by atoms with Gasteiger partial charge in [0.25, 0.3) is 0 Å². The van der Waals surface area contributed by atoms with Crippen LogP contribution in [0.1, 0.15) is 32.6 Å². The van der Waals surface area contributed by atoms with Crippen LogP contribution in [0.5, 0.6) is 11.5 Å². The summed E-state index contributed by atoms with van der Waals surface area (Å²) in [5, 5.41) is 9.79. The number of fused-ring (bicyclic) bond motifs is 5. The van der Waals surface area contributed by atoms with Crippen molar-refractivity contribution in [2.45, 2.75) is 10.8 Å². The van der Waals surface area contributed by atoms with Crippen LogP contribution in [0.4, 0.5) is 5.69 Å². The second-order valence-electron chi connectivity index (χ2n) is 12.7. The van der Waals surface area contributed by atoms with Gasteiger partial charge in [0.15, 0.2) is 5.78 Å². The number of imide groups is 1. The molecule has 2 amide bonds. The summed E-state index contributed by atoms with van der Waals surface area (Å²) in [6, 6.07) is 39.1. The third kappa shape index (κ3) is 3.99. The number of anilines is 1. The Labute approximate surface area is 288 Å². The van der Waals surface area contributed by atoms with Crippen molar-refractivity contribution in [1.82, 2.24) is 0 Å². The molecule has 4 atom stereocenters. The lowest BCUT2D eigenvalue weighted by atomic mass is 9.59. The fourth-order valence-corrected chi connectivity index (χ4v) is 8.67. The van der Waals surface area contributed by atoms with Crippen molar-refractivity contribution in [2.75, 3.05) is 19.1 Å². The van der Waals surface area contributed by atoms with Gasteiger partial charge in [-0.15, -0.1) is 0 Å². The highest BCUT2D eigenvalue weighted by atomic mass is 16.5. The van der Waals surface area contributed by atoms with Gasteiger partial charge in [0.2, 0.25) is 11.8 Å². The molecule has 2 bridgehead atoms. The van der Waals surface area contributed by atoms with Crippen LogP contribution in [-0.2, 0) is 25.2 Å². The molecule has 5 aromatic carbocycles. The molecule has 0 unspecified atom stereocenters. The van der Waals surface area contributed by atoms with Gasteiger partial charge in [-0.3, -0.25) is 14.4 Å². The van der Waals surface area contributed by atoms with Crippen LogP contribution in [0, 0.1) is 11.8 Å². The number of nitrogens with zero attached hydrogens (tertiary/aromatic N) is 1. The Bertz CT molecular complexity index is 2100. The standard InChI is InChI=1S/C42H31NO7/c1-49-31-20-16-25(17-21-31)33-34(26-18-22-32(50-2)23-19-26)42(29-13-7-4-8-14-29)36-35(41(33,40(42)48)28-11-5-3-6-12-28)37(44)43(38(36)45)30-15-9-10-27(24-30)39(46)47/h3-24,35-36H,1-2H3,(H,46,47)/t35-,36+,41-,42-/m0/s1. The molecule has 1 heterocycles. The fraction of sp³-hybridized carbons (Fsp3) is 0.143. The molecule has 0 aromatic heterocycles. The summed E-state index contributed by atoms with van der Waals surface area (Å²) >= 11 is 0. The van der Waals surface area contributed by atoms with Crippen LogP contribution in [0.25, 0.3) is 11.1 Å². The smallest absolute Gasteiger partial charge is 0.335 e. The molecule has 2 aliphatic carbocycles. The summed E-state index contributed by atoms with van der Waals surface area (Å²) < 4.78 is 11.0. The second kappa shape index (κ2) is 11.4. The van der Waals surface area contributed by atoms with E-state index in [0.29, 0.717) is 44.9 Å². The van der Waals surface area contributed by atoms with Crippen molar-refractivity contribution in [3.8, 4) is 11.5 Å². The molecule has 50 heavy (non-hydrogen) atoms. The third-order valence-electron chi connectivity index (χ3n) is 10.6. The van der Waals surface area contributed by atoms with E-state index in [-0.39, 0.29) is 17.0 Å². The number of rotatable bonds is 8. The first kappa shape index (κ1) is 31.0. The summed E-state index contributed by atoms with van der Waals surface area (Å²) in [4.78, 5) is 59.3. The zero-order valence-electron chi connectivity index (χ0n) is 27.2.